The van der Waals surface area contributed by atoms with Gasteiger partial charge in [-0.1, -0.05) is 23.2 Å². The lowest BCUT2D eigenvalue weighted by molar-refractivity contribution is 0.203. The summed E-state index contributed by atoms with van der Waals surface area (Å²) in [5, 5.41) is 10.0. The summed E-state index contributed by atoms with van der Waals surface area (Å²) in [5.74, 6) is 0. The molecule has 0 spiro atoms. The van der Waals surface area contributed by atoms with E-state index in [2.05, 4.69) is 4.72 Å². The van der Waals surface area contributed by atoms with Crippen LogP contribution in [0.5, 0.6) is 0 Å². The van der Waals surface area contributed by atoms with E-state index < -0.39 is 16.1 Å². The molecular formula is C15H17Cl2NO3S2. The van der Waals surface area contributed by atoms with Crippen LogP contribution in [0.4, 0.5) is 0 Å². The van der Waals surface area contributed by atoms with Gasteiger partial charge in [0, 0.05) is 21.3 Å². The van der Waals surface area contributed by atoms with Gasteiger partial charge in [-0.05, 0) is 50.1 Å². The van der Waals surface area contributed by atoms with E-state index in [4.69, 9.17) is 23.2 Å². The molecule has 1 aromatic heterocycles. The summed E-state index contributed by atoms with van der Waals surface area (Å²) in [5.41, 5.74) is 0.649. The van der Waals surface area contributed by atoms with Gasteiger partial charge >= 0.3 is 0 Å². The molecule has 0 saturated heterocycles. The van der Waals surface area contributed by atoms with E-state index in [0.29, 0.717) is 17.0 Å². The van der Waals surface area contributed by atoms with Crippen LogP contribution in [0.2, 0.25) is 10.0 Å². The number of aliphatic hydroxyl groups excluding tert-OH is 1. The Balaban J connectivity index is 2.05. The molecule has 0 amide bonds. The van der Waals surface area contributed by atoms with E-state index in [1.807, 2.05) is 12.1 Å². The maximum Gasteiger partial charge on any atom is 0.242 e. The average Bonchev–Trinajstić information content (AvgIpc) is 2.91. The molecule has 2 rings (SSSR count). The van der Waals surface area contributed by atoms with Gasteiger partial charge in [-0.2, -0.15) is 0 Å². The SMILES string of the molecule is Cc1cc(S(=O)(=O)NCCc2ccc(C(C)O)s2)c(Cl)cc1Cl. The fourth-order valence-electron chi connectivity index (χ4n) is 1.98. The number of aryl methyl sites for hydroxylation is 1. The van der Waals surface area contributed by atoms with Crippen molar-refractivity contribution in [3.63, 3.8) is 0 Å². The second-order valence-electron chi connectivity index (χ2n) is 5.16. The van der Waals surface area contributed by atoms with Gasteiger partial charge in [0.2, 0.25) is 10.0 Å². The summed E-state index contributed by atoms with van der Waals surface area (Å²) in [6.07, 6.45) is 0.0298. The molecule has 0 aliphatic heterocycles. The molecule has 0 bridgehead atoms. The number of halogens is 2. The summed E-state index contributed by atoms with van der Waals surface area (Å²) in [6.45, 7) is 3.67. The van der Waals surface area contributed by atoms with Gasteiger partial charge < -0.3 is 5.11 Å². The number of thiophene rings is 1. The molecule has 8 heteroatoms. The Morgan fingerprint density at radius 3 is 2.57 bits per heavy atom. The third-order valence-corrected chi connectivity index (χ3v) is 6.91. The number of rotatable bonds is 6. The molecule has 0 fully saturated rings. The summed E-state index contributed by atoms with van der Waals surface area (Å²) in [4.78, 5) is 1.89. The highest BCUT2D eigenvalue weighted by molar-refractivity contribution is 7.89. The quantitative estimate of drug-likeness (QED) is 0.780. The Labute approximate surface area is 150 Å². The summed E-state index contributed by atoms with van der Waals surface area (Å²) in [6, 6.07) is 6.63. The van der Waals surface area contributed by atoms with Crippen LogP contribution in [0, 0.1) is 6.92 Å². The Morgan fingerprint density at radius 2 is 1.96 bits per heavy atom. The van der Waals surface area contributed by atoms with Crippen LogP contribution in [-0.2, 0) is 16.4 Å². The maximum atomic E-state index is 12.3. The zero-order valence-corrected chi connectivity index (χ0v) is 15.8. The predicted molar refractivity (Wildman–Crippen MR) is 95.0 cm³/mol. The van der Waals surface area contributed by atoms with E-state index >= 15 is 0 Å². The molecule has 0 radical (unpaired) electrons. The Morgan fingerprint density at radius 1 is 1.26 bits per heavy atom. The van der Waals surface area contributed by atoms with Gasteiger partial charge in [0.25, 0.3) is 0 Å². The first kappa shape index (κ1) is 18.7. The largest absolute Gasteiger partial charge is 0.388 e. The Bertz CT molecular complexity index is 801. The molecule has 1 heterocycles. The fourth-order valence-corrected chi connectivity index (χ4v) is 4.79. The highest BCUT2D eigenvalue weighted by atomic mass is 35.5. The number of benzene rings is 1. The van der Waals surface area contributed by atoms with Crippen LogP contribution < -0.4 is 4.72 Å². The van der Waals surface area contributed by atoms with E-state index in [0.717, 1.165) is 9.75 Å². The Hall–Kier alpha value is -0.630. The molecule has 23 heavy (non-hydrogen) atoms. The molecule has 2 N–H and O–H groups in total. The third-order valence-electron chi connectivity index (χ3n) is 3.26. The smallest absolute Gasteiger partial charge is 0.242 e. The van der Waals surface area contributed by atoms with Gasteiger partial charge in [0.15, 0.2) is 0 Å². The summed E-state index contributed by atoms with van der Waals surface area (Å²) in [7, 11) is -3.70. The molecule has 1 unspecified atom stereocenters. The van der Waals surface area contributed by atoms with Crippen molar-refractivity contribution < 1.29 is 13.5 Å². The number of aliphatic hydroxyl groups is 1. The van der Waals surface area contributed by atoms with Crippen molar-refractivity contribution in [2.75, 3.05) is 6.54 Å². The zero-order chi connectivity index (χ0) is 17.2. The first-order valence-electron chi connectivity index (χ1n) is 6.92. The van der Waals surface area contributed by atoms with Gasteiger partial charge in [-0.25, -0.2) is 13.1 Å². The lowest BCUT2D eigenvalue weighted by atomic mass is 10.2. The van der Waals surface area contributed by atoms with Crippen molar-refractivity contribution in [2.24, 2.45) is 0 Å². The summed E-state index contributed by atoms with van der Waals surface area (Å²) >= 11 is 13.4. The highest BCUT2D eigenvalue weighted by Crippen LogP contribution is 2.28. The van der Waals surface area contributed by atoms with Crippen LogP contribution in [0.15, 0.2) is 29.2 Å². The van der Waals surface area contributed by atoms with Crippen LogP contribution >= 0.6 is 34.5 Å². The van der Waals surface area contributed by atoms with E-state index in [1.165, 1.54) is 23.5 Å². The highest BCUT2D eigenvalue weighted by Gasteiger charge is 2.19. The van der Waals surface area contributed by atoms with Gasteiger partial charge in [0.05, 0.1) is 11.1 Å². The van der Waals surface area contributed by atoms with Crippen LogP contribution in [-0.4, -0.2) is 20.1 Å². The maximum absolute atomic E-state index is 12.3. The first-order chi connectivity index (χ1) is 10.7. The molecule has 0 aliphatic rings. The summed E-state index contributed by atoms with van der Waals surface area (Å²) < 4.78 is 27.2. The van der Waals surface area contributed by atoms with Crippen molar-refractivity contribution in [3.8, 4) is 0 Å². The topological polar surface area (TPSA) is 66.4 Å². The molecule has 1 aromatic carbocycles. The third kappa shape index (κ3) is 4.68. The van der Waals surface area contributed by atoms with Crippen molar-refractivity contribution in [2.45, 2.75) is 31.3 Å². The molecule has 0 saturated carbocycles. The zero-order valence-electron chi connectivity index (χ0n) is 12.6. The van der Waals surface area contributed by atoms with Crippen molar-refractivity contribution in [1.82, 2.24) is 4.72 Å². The predicted octanol–water partition coefficient (Wildman–Crippen LogP) is 3.94. The number of nitrogens with one attached hydrogen (secondary N) is 1. The van der Waals surface area contributed by atoms with E-state index in [9.17, 15) is 13.5 Å². The van der Waals surface area contributed by atoms with Gasteiger partial charge in [-0.15, -0.1) is 11.3 Å². The van der Waals surface area contributed by atoms with Crippen molar-refractivity contribution in [3.05, 3.63) is 49.6 Å². The molecular weight excluding hydrogens is 377 g/mol. The van der Waals surface area contributed by atoms with E-state index in [-0.39, 0.29) is 16.5 Å². The lowest BCUT2D eigenvalue weighted by Crippen LogP contribution is -2.26. The van der Waals surface area contributed by atoms with E-state index in [1.54, 1.807) is 13.8 Å². The van der Waals surface area contributed by atoms with Crippen LogP contribution in [0.25, 0.3) is 0 Å². The number of hydrogen-bond acceptors (Lipinski definition) is 4. The number of hydrogen-bond donors (Lipinski definition) is 2. The molecule has 4 nitrogen and oxygen atoms in total. The second-order valence-corrected chi connectivity index (χ2v) is 8.91. The first-order valence-corrected chi connectivity index (χ1v) is 9.98. The van der Waals surface area contributed by atoms with Crippen LogP contribution in [0.1, 0.15) is 28.3 Å². The minimum atomic E-state index is -3.70. The monoisotopic (exact) mass is 393 g/mol. The normalized spacial score (nSPS) is 13.3. The Kier molecular flexibility index (Phi) is 6.10. The molecule has 126 valence electrons. The molecule has 2 aromatic rings. The molecule has 0 aliphatic carbocycles. The minimum absolute atomic E-state index is 0.0249. The standard InChI is InChI=1S/C15H17Cl2NO3S2/c1-9-7-15(13(17)8-12(9)16)23(20,21)18-6-5-11-3-4-14(22-11)10(2)19/h3-4,7-8,10,18-19H,5-6H2,1-2H3. The lowest BCUT2D eigenvalue weighted by Gasteiger charge is -2.10. The van der Waals surface area contributed by atoms with Crippen molar-refractivity contribution in [1.29, 1.82) is 0 Å². The van der Waals surface area contributed by atoms with Crippen LogP contribution in [0.3, 0.4) is 0 Å². The minimum Gasteiger partial charge on any atom is -0.388 e. The van der Waals surface area contributed by atoms with Gasteiger partial charge in [-0.3, -0.25) is 0 Å². The van der Waals surface area contributed by atoms with Gasteiger partial charge in [0.1, 0.15) is 4.90 Å². The fraction of sp³-hybridized carbons (Fsp3) is 0.333. The second kappa shape index (κ2) is 7.51. The average molecular weight is 394 g/mol. The van der Waals surface area contributed by atoms with Crippen molar-refractivity contribution >= 4 is 44.6 Å². The molecule has 1 atom stereocenters. The number of sulfonamides is 1.